The van der Waals surface area contributed by atoms with Crippen molar-refractivity contribution in [2.75, 3.05) is 24.6 Å². The second-order valence-corrected chi connectivity index (χ2v) is 3.98. The van der Waals surface area contributed by atoms with Gasteiger partial charge in [0.1, 0.15) is 0 Å². The van der Waals surface area contributed by atoms with E-state index in [1.54, 1.807) is 16.7 Å². The molecule has 1 amide bonds. The van der Waals surface area contributed by atoms with Crippen LogP contribution in [0, 0.1) is 0 Å². The Morgan fingerprint density at radius 3 is 2.85 bits per heavy atom. The summed E-state index contributed by atoms with van der Waals surface area (Å²) in [5, 5.41) is 0. The van der Waals surface area contributed by atoms with E-state index in [-0.39, 0.29) is 11.7 Å². The molecule has 1 fully saturated rings. The third-order valence-corrected chi connectivity index (χ3v) is 2.82. The largest absolute Gasteiger partial charge is 0.335 e. The number of ketones is 1. The van der Waals surface area contributed by atoms with E-state index in [1.807, 2.05) is 6.08 Å². The molecule has 3 nitrogen and oxygen atoms in total. The lowest BCUT2D eigenvalue weighted by molar-refractivity contribution is -0.139. The van der Waals surface area contributed by atoms with Crippen molar-refractivity contribution in [1.82, 2.24) is 4.90 Å². The minimum atomic E-state index is -0.306. The van der Waals surface area contributed by atoms with Crippen LogP contribution in [-0.2, 0) is 9.59 Å². The molecule has 72 valence electrons. The van der Waals surface area contributed by atoms with Crippen LogP contribution in [0.15, 0.2) is 12.7 Å². The van der Waals surface area contributed by atoms with Crippen LogP contribution in [0.4, 0.5) is 0 Å². The number of hydrogen-bond acceptors (Lipinski definition) is 3. The summed E-state index contributed by atoms with van der Waals surface area (Å²) in [7, 11) is 0. The Morgan fingerprint density at radius 2 is 2.31 bits per heavy atom. The molecular formula is C9H13NO2S. The number of rotatable bonds is 5. The van der Waals surface area contributed by atoms with Crippen LogP contribution in [0.25, 0.3) is 0 Å². The Labute approximate surface area is 82.2 Å². The second-order valence-electron chi connectivity index (χ2n) is 2.83. The number of carbonyl (C=O) groups excluding carboxylic acids is 2. The molecule has 0 spiro atoms. The van der Waals surface area contributed by atoms with E-state index >= 15 is 0 Å². The molecule has 0 unspecified atom stereocenters. The summed E-state index contributed by atoms with van der Waals surface area (Å²) >= 11 is 1.72. The van der Waals surface area contributed by atoms with Gasteiger partial charge < -0.3 is 4.90 Å². The fourth-order valence-corrected chi connectivity index (χ4v) is 1.86. The molecule has 1 aliphatic rings. The zero-order chi connectivity index (χ0) is 9.68. The first-order valence-corrected chi connectivity index (χ1v) is 5.42. The van der Waals surface area contributed by atoms with Crippen molar-refractivity contribution in [2.45, 2.75) is 6.42 Å². The van der Waals surface area contributed by atoms with Crippen molar-refractivity contribution in [2.24, 2.45) is 0 Å². The maximum absolute atomic E-state index is 11.1. The average molecular weight is 199 g/mol. The van der Waals surface area contributed by atoms with E-state index in [0.717, 1.165) is 11.5 Å². The van der Waals surface area contributed by atoms with E-state index < -0.39 is 0 Å². The summed E-state index contributed by atoms with van der Waals surface area (Å²) < 4.78 is 0. The fraction of sp³-hybridized carbons (Fsp3) is 0.556. The topological polar surface area (TPSA) is 37.4 Å². The first kappa shape index (κ1) is 10.3. The number of carbonyl (C=O) groups is 2. The molecule has 0 N–H and O–H groups in total. The molecule has 0 aliphatic carbocycles. The molecule has 1 rings (SSSR count). The van der Waals surface area contributed by atoms with Gasteiger partial charge in [0.05, 0.1) is 0 Å². The van der Waals surface area contributed by atoms with Gasteiger partial charge in [-0.2, -0.15) is 11.8 Å². The van der Waals surface area contributed by atoms with Gasteiger partial charge >= 0.3 is 0 Å². The van der Waals surface area contributed by atoms with Gasteiger partial charge in [-0.3, -0.25) is 9.59 Å². The average Bonchev–Trinajstić information content (AvgIpc) is 2.43. The molecule has 0 aromatic rings. The molecule has 1 aliphatic heterocycles. The van der Waals surface area contributed by atoms with E-state index in [1.165, 1.54) is 0 Å². The van der Waals surface area contributed by atoms with Crippen LogP contribution in [0.3, 0.4) is 0 Å². The summed E-state index contributed by atoms with van der Waals surface area (Å²) in [5.41, 5.74) is 0. The maximum atomic E-state index is 11.1. The van der Waals surface area contributed by atoms with Crippen molar-refractivity contribution < 1.29 is 9.59 Å². The van der Waals surface area contributed by atoms with Crippen molar-refractivity contribution in [3.8, 4) is 0 Å². The van der Waals surface area contributed by atoms with E-state index in [2.05, 4.69) is 6.58 Å². The summed E-state index contributed by atoms with van der Waals surface area (Å²) in [4.78, 5) is 23.6. The number of amides is 1. The molecule has 4 heteroatoms. The number of thioether (sulfide) groups is 1. The first-order chi connectivity index (χ1) is 6.25. The third kappa shape index (κ3) is 2.88. The molecule has 0 saturated carbocycles. The smallest absolute Gasteiger partial charge is 0.290 e. The Bertz CT molecular complexity index is 228. The molecule has 0 aromatic carbocycles. The summed E-state index contributed by atoms with van der Waals surface area (Å²) in [6.07, 6.45) is 2.23. The summed E-state index contributed by atoms with van der Waals surface area (Å²) in [6, 6.07) is 0. The Hall–Kier alpha value is -0.770. The number of hydrogen-bond donors (Lipinski definition) is 0. The number of nitrogens with zero attached hydrogens (tertiary/aromatic N) is 1. The van der Waals surface area contributed by atoms with Gasteiger partial charge in [-0.05, 0) is 0 Å². The minimum Gasteiger partial charge on any atom is -0.335 e. The number of Topliss-reactive ketones (excluding diaryl/α,β-unsaturated/α-hetero) is 1. The Kier molecular flexibility index (Phi) is 4.02. The van der Waals surface area contributed by atoms with Crippen LogP contribution in [0.5, 0.6) is 0 Å². The summed E-state index contributed by atoms with van der Waals surface area (Å²) in [6.45, 7) is 4.89. The lowest BCUT2D eigenvalue weighted by atomic mass is 10.3. The zero-order valence-electron chi connectivity index (χ0n) is 7.49. The van der Waals surface area contributed by atoms with E-state index in [0.29, 0.717) is 19.5 Å². The van der Waals surface area contributed by atoms with Gasteiger partial charge in [0.15, 0.2) is 0 Å². The predicted molar refractivity (Wildman–Crippen MR) is 53.7 cm³/mol. The molecule has 0 bridgehead atoms. The van der Waals surface area contributed by atoms with Crippen molar-refractivity contribution >= 4 is 23.5 Å². The minimum absolute atomic E-state index is 0.242. The summed E-state index contributed by atoms with van der Waals surface area (Å²) in [5.74, 6) is 1.23. The van der Waals surface area contributed by atoms with Gasteiger partial charge in [0, 0.05) is 31.0 Å². The quantitative estimate of drug-likeness (QED) is 0.372. The van der Waals surface area contributed by atoms with Gasteiger partial charge in [0.25, 0.3) is 5.91 Å². The van der Waals surface area contributed by atoms with Gasteiger partial charge in [-0.25, -0.2) is 0 Å². The molecule has 0 atom stereocenters. The molecule has 1 saturated heterocycles. The van der Waals surface area contributed by atoms with Crippen LogP contribution in [0.2, 0.25) is 0 Å². The monoisotopic (exact) mass is 199 g/mol. The standard InChI is InChI=1S/C9H13NO2S/c1-2-6-13-7-5-10-4-3-8(11)9(10)12/h2H,1,3-7H2. The van der Waals surface area contributed by atoms with Gasteiger partial charge in [-0.1, -0.05) is 6.08 Å². The maximum Gasteiger partial charge on any atom is 0.290 e. The van der Waals surface area contributed by atoms with Crippen molar-refractivity contribution in [3.63, 3.8) is 0 Å². The zero-order valence-corrected chi connectivity index (χ0v) is 8.31. The molecule has 0 aromatic heterocycles. The molecular weight excluding hydrogens is 186 g/mol. The predicted octanol–water partition coefficient (Wildman–Crippen LogP) is 0.707. The Balaban J connectivity index is 2.19. The second kappa shape index (κ2) is 5.07. The highest BCUT2D eigenvalue weighted by Crippen LogP contribution is 2.08. The fourth-order valence-electron chi connectivity index (χ4n) is 1.18. The molecule has 1 heterocycles. The van der Waals surface area contributed by atoms with Crippen LogP contribution in [-0.4, -0.2) is 41.2 Å². The highest BCUT2D eigenvalue weighted by molar-refractivity contribution is 7.99. The highest BCUT2D eigenvalue weighted by Gasteiger charge is 2.28. The van der Waals surface area contributed by atoms with Gasteiger partial charge in [-0.15, -0.1) is 6.58 Å². The molecule has 0 radical (unpaired) electrons. The van der Waals surface area contributed by atoms with Crippen LogP contribution >= 0.6 is 11.8 Å². The van der Waals surface area contributed by atoms with E-state index in [4.69, 9.17) is 0 Å². The third-order valence-electron chi connectivity index (χ3n) is 1.88. The Morgan fingerprint density at radius 1 is 1.54 bits per heavy atom. The van der Waals surface area contributed by atoms with E-state index in [9.17, 15) is 9.59 Å². The molecule has 13 heavy (non-hydrogen) atoms. The number of likely N-dealkylation sites (tertiary alicyclic amines) is 1. The van der Waals surface area contributed by atoms with Crippen molar-refractivity contribution in [1.29, 1.82) is 0 Å². The van der Waals surface area contributed by atoms with Gasteiger partial charge in [0.2, 0.25) is 5.78 Å². The lowest BCUT2D eigenvalue weighted by Gasteiger charge is -2.12. The normalized spacial score (nSPS) is 16.8. The SMILES string of the molecule is C=CCSCCN1CCC(=O)C1=O. The van der Waals surface area contributed by atoms with Crippen molar-refractivity contribution in [3.05, 3.63) is 12.7 Å². The highest BCUT2D eigenvalue weighted by atomic mass is 32.2. The first-order valence-electron chi connectivity index (χ1n) is 4.26. The van der Waals surface area contributed by atoms with Crippen LogP contribution < -0.4 is 0 Å². The van der Waals surface area contributed by atoms with Crippen LogP contribution in [0.1, 0.15) is 6.42 Å². The lowest BCUT2D eigenvalue weighted by Crippen LogP contribution is -2.29.